The number of carbonyl (C=O) groups is 2. The highest BCUT2D eigenvalue weighted by atomic mass is 28.4. The summed E-state index contributed by atoms with van der Waals surface area (Å²) in [5.74, 6) is -0.252. The number of rotatable bonds is 7. The molecule has 5 nitrogen and oxygen atoms in total. The zero-order valence-electron chi connectivity index (χ0n) is 15.0. The summed E-state index contributed by atoms with van der Waals surface area (Å²) in [6, 6.07) is 11.7. The number of amides is 1. The topological polar surface area (TPSA) is 55.8 Å². The Morgan fingerprint density at radius 2 is 1.92 bits per heavy atom. The van der Waals surface area contributed by atoms with E-state index in [0.717, 1.165) is 11.6 Å². The Morgan fingerprint density at radius 3 is 2.38 bits per heavy atom. The molecule has 1 unspecified atom stereocenters. The molecule has 1 heterocycles. The second-order valence-electron chi connectivity index (χ2n) is 7.30. The molecule has 132 valence electrons. The van der Waals surface area contributed by atoms with Gasteiger partial charge in [0.25, 0.3) is 0 Å². The van der Waals surface area contributed by atoms with Crippen molar-refractivity contribution in [1.29, 1.82) is 0 Å². The standard InChI is InChI=1S/C18H27NO4Si/c1-5-24(23-19-12-11-16(19)20,13-15-9-7-6-8-10-15)14-17(21)22-18(2,3)4/h6-10H,5,11-14H2,1-4H3. The molecule has 2 rings (SSSR count). The molecule has 1 aliphatic heterocycles. The molecule has 6 heteroatoms. The SMILES string of the molecule is CC[Si](CC(=O)OC(C)(C)C)(Cc1ccccc1)ON1CCC1=O. The van der Waals surface area contributed by atoms with Gasteiger partial charge in [0, 0.05) is 6.42 Å². The van der Waals surface area contributed by atoms with E-state index in [4.69, 9.17) is 9.26 Å². The van der Waals surface area contributed by atoms with Crippen LogP contribution >= 0.6 is 0 Å². The summed E-state index contributed by atoms with van der Waals surface area (Å²) in [4.78, 5) is 24.1. The molecule has 24 heavy (non-hydrogen) atoms. The average Bonchev–Trinajstić information content (AvgIpc) is 2.50. The molecule has 1 amide bonds. The van der Waals surface area contributed by atoms with Crippen molar-refractivity contribution in [3.8, 4) is 0 Å². The van der Waals surface area contributed by atoms with Crippen molar-refractivity contribution in [3.63, 3.8) is 0 Å². The fourth-order valence-electron chi connectivity index (χ4n) is 2.67. The number of nitrogens with zero attached hydrogens (tertiary/aromatic N) is 1. The first kappa shape index (κ1) is 18.7. The van der Waals surface area contributed by atoms with Crippen molar-refractivity contribution in [2.45, 2.75) is 57.8 Å². The summed E-state index contributed by atoms with van der Waals surface area (Å²) in [6.45, 7) is 8.21. The molecular formula is C18H27NO4Si. The maximum atomic E-state index is 12.4. The van der Waals surface area contributed by atoms with Gasteiger partial charge in [-0.1, -0.05) is 37.3 Å². The van der Waals surface area contributed by atoms with E-state index in [2.05, 4.69) is 0 Å². The predicted molar refractivity (Wildman–Crippen MR) is 94.4 cm³/mol. The minimum atomic E-state index is -2.52. The number of hydrogen-bond donors (Lipinski definition) is 0. The zero-order valence-corrected chi connectivity index (χ0v) is 16.0. The molecule has 0 aromatic heterocycles. The molecule has 0 aliphatic carbocycles. The monoisotopic (exact) mass is 349 g/mol. The van der Waals surface area contributed by atoms with Crippen molar-refractivity contribution in [2.75, 3.05) is 6.54 Å². The number of carbonyl (C=O) groups excluding carboxylic acids is 2. The van der Waals surface area contributed by atoms with Gasteiger partial charge in [-0.2, -0.15) is 0 Å². The predicted octanol–water partition coefficient (Wildman–Crippen LogP) is 3.24. The Bertz CT molecular complexity index is 584. The largest absolute Gasteiger partial charge is 0.460 e. The Hall–Kier alpha value is -1.66. The molecule has 1 aromatic carbocycles. The first-order chi connectivity index (χ1) is 11.2. The maximum Gasteiger partial charge on any atom is 0.306 e. The molecule has 0 N–H and O–H groups in total. The summed E-state index contributed by atoms with van der Waals surface area (Å²) in [6.07, 6.45) is 0.520. The van der Waals surface area contributed by atoms with Crippen LogP contribution in [0.15, 0.2) is 30.3 Å². The summed E-state index contributed by atoms with van der Waals surface area (Å²) >= 11 is 0. The third-order valence-electron chi connectivity index (χ3n) is 4.01. The summed E-state index contributed by atoms with van der Waals surface area (Å²) < 4.78 is 11.7. The molecular weight excluding hydrogens is 322 g/mol. The highest BCUT2D eigenvalue weighted by molar-refractivity contribution is 6.75. The molecule has 0 radical (unpaired) electrons. The smallest absolute Gasteiger partial charge is 0.306 e. The molecule has 1 aliphatic rings. The minimum Gasteiger partial charge on any atom is -0.460 e. The van der Waals surface area contributed by atoms with Crippen molar-refractivity contribution < 1.29 is 18.9 Å². The van der Waals surface area contributed by atoms with Crippen molar-refractivity contribution in [3.05, 3.63) is 35.9 Å². The van der Waals surface area contributed by atoms with E-state index in [1.165, 1.54) is 5.06 Å². The first-order valence-electron chi connectivity index (χ1n) is 8.48. The molecule has 0 saturated carbocycles. The van der Waals surface area contributed by atoms with Gasteiger partial charge in [0.2, 0.25) is 14.2 Å². The van der Waals surface area contributed by atoms with Gasteiger partial charge in [0.05, 0.1) is 12.6 Å². The van der Waals surface area contributed by atoms with E-state index in [1.54, 1.807) is 0 Å². The van der Waals surface area contributed by atoms with Crippen LogP contribution < -0.4 is 0 Å². The van der Waals surface area contributed by atoms with Crippen LogP contribution in [0, 0.1) is 0 Å². The Balaban J connectivity index is 2.17. The second kappa shape index (κ2) is 7.48. The van der Waals surface area contributed by atoms with E-state index in [0.29, 0.717) is 19.0 Å². The number of hydrogen-bond acceptors (Lipinski definition) is 4. The van der Waals surface area contributed by atoms with Crippen LogP contribution in [0.4, 0.5) is 0 Å². The van der Waals surface area contributed by atoms with Gasteiger partial charge in [0.15, 0.2) is 0 Å². The van der Waals surface area contributed by atoms with Gasteiger partial charge in [-0.15, -0.1) is 0 Å². The van der Waals surface area contributed by atoms with Gasteiger partial charge in [-0.3, -0.25) is 9.59 Å². The van der Waals surface area contributed by atoms with E-state index in [1.807, 2.05) is 58.0 Å². The van der Waals surface area contributed by atoms with Crippen molar-refractivity contribution in [2.24, 2.45) is 0 Å². The third-order valence-corrected chi connectivity index (χ3v) is 7.89. The highest BCUT2D eigenvalue weighted by Crippen LogP contribution is 2.28. The maximum absolute atomic E-state index is 12.4. The van der Waals surface area contributed by atoms with Crippen LogP contribution in [0.1, 0.15) is 39.7 Å². The van der Waals surface area contributed by atoms with Gasteiger partial charge in [0.1, 0.15) is 5.60 Å². The molecule has 1 atom stereocenters. The number of β-lactam (4-membered cyclic amide) rings is 1. The van der Waals surface area contributed by atoms with E-state index >= 15 is 0 Å². The van der Waals surface area contributed by atoms with Crippen LogP contribution in [0.5, 0.6) is 0 Å². The van der Waals surface area contributed by atoms with Crippen molar-refractivity contribution >= 4 is 20.2 Å². The van der Waals surface area contributed by atoms with Crippen LogP contribution in [0.3, 0.4) is 0 Å². The van der Waals surface area contributed by atoms with Gasteiger partial charge in [-0.05, 0) is 38.4 Å². The lowest BCUT2D eigenvalue weighted by atomic mass is 10.2. The lowest BCUT2D eigenvalue weighted by molar-refractivity contribution is -0.179. The quantitative estimate of drug-likeness (QED) is 0.431. The molecule has 1 fully saturated rings. The number of hydroxylamine groups is 2. The number of esters is 1. The molecule has 1 saturated heterocycles. The summed E-state index contributed by atoms with van der Waals surface area (Å²) in [5, 5.41) is 1.43. The fraction of sp³-hybridized carbons (Fsp3) is 0.556. The van der Waals surface area contributed by atoms with Gasteiger partial charge in [-0.25, -0.2) is 5.06 Å². The molecule has 1 aromatic rings. The van der Waals surface area contributed by atoms with Crippen LogP contribution in [-0.2, 0) is 24.9 Å². The lowest BCUT2D eigenvalue weighted by Crippen LogP contribution is -2.54. The average molecular weight is 350 g/mol. The van der Waals surface area contributed by atoms with Crippen LogP contribution in [0.25, 0.3) is 0 Å². The highest BCUT2D eigenvalue weighted by Gasteiger charge is 2.43. The van der Waals surface area contributed by atoms with E-state index in [-0.39, 0.29) is 17.9 Å². The van der Waals surface area contributed by atoms with Crippen molar-refractivity contribution in [1.82, 2.24) is 5.06 Å². The third kappa shape index (κ3) is 5.17. The number of ether oxygens (including phenoxy) is 1. The Morgan fingerprint density at radius 1 is 1.25 bits per heavy atom. The second-order valence-corrected chi connectivity index (χ2v) is 11.3. The summed E-state index contributed by atoms with van der Waals surface area (Å²) in [7, 11) is -2.52. The Kier molecular flexibility index (Phi) is 5.82. The number of benzene rings is 1. The minimum absolute atomic E-state index is 0.00224. The lowest BCUT2D eigenvalue weighted by Gasteiger charge is -2.39. The van der Waals surface area contributed by atoms with E-state index in [9.17, 15) is 9.59 Å². The normalized spacial score (nSPS) is 17.2. The van der Waals surface area contributed by atoms with Crippen LogP contribution in [-0.4, -0.2) is 37.4 Å². The zero-order chi connectivity index (χ0) is 17.8. The first-order valence-corrected chi connectivity index (χ1v) is 11.0. The van der Waals surface area contributed by atoms with Gasteiger partial charge < -0.3 is 9.26 Å². The fourth-order valence-corrected chi connectivity index (χ4v) is 5.80. The Labute approximate surface area is 145 Å². The van der Waals surface area contributed by atoms with E-state index < -0.39 is 13.9 Å². The summed E-state index contributed by atoms with van der Waals surface area (Å²) in [5.41, 5.74) is 0.604. The molecule has 0 bridgehead atoms. The molecule has 0 spiro atoms. The van der Waals surface area contributed by atoms with Gasteiger partial charge >= 0.3 is 5.97 Å². The van der Waals surface area contributed by atoms with Crippen LogP contribution in [0.2, 0.25) is 12.1 Å².